The molecule has 0 fully saturated rings. The number of pyridine rings is 1. The van der Waals surface area contributed by atoms with E-state index in [1.807, 2.05) is 13.1 Å². The van der Waals surface area contributed by atoms with Crippen molar-refractivity contribution >= 4 is 29.9 Å². The van der Waals surface area contributed by atoms with Gasteiger partial charge in [-0.1, -0.05) is 6.07 Å². The van der Waals surface area contributed by atoms with Crippen molar-refractivity contribution in [3.63, 3.8) is 0 Å². The molecule has 0 bridgehead atoms. The predicted octanol–water partition coefficient (Wildman–Crippen LogP) is 3.22. The molecule has 0 unspecified atom stereocenters. The van der Waals surface area contributed by atoms with Gasteiger partial charge in [-0.25, -0.2) is 0 Å². The number of aliphatic imine (C=N–C) groups is 1. The Morgan fingerprint density at radius 3 is 2.36 bits per heavy atom. The highest BCUT2D eigenvalue weighted by atomic mass is 127. The summed E-state index contributed by atoms with van der Waals surface area (Å²) in [6, 6.07) is 5.28. The molecule has 0 radical (unpaired) electrons. The molecule has 6 heteroatoms. The first-order chi connectivity index (χ1) is 11.4. The van der Waals surface area contributed by atoms with Crippen molar-refractivity contribution in [3.05, 3.63) is 29.6 Å². The van der Waals surface area contributed by atoms with E-state index < -0.39 is 0 Å². The number of nitrogens with zero attached hydrogens (tertiary/aromatic N) is 3. The van der Waals surface area contributed by atoms with Crippen LogP contribution < -0.4 is 10.6 Å². The van der Waals surface area contributed by atoms with Gasteiger partial charge in [0.25, 0.3) is 0 Å². The maximum atomic E-state index is 4.70. The minimum absolute atomic E-state index is 0. The zero-order valence-corrected chi connectivity index (χ0v) is 19.0. The first-order valence-corrected chi connectivity index (χ1v) is 9.13. The molecule has 25 heavy (non-hydrogen) atoms. The second kappa shape index (κ2) is 13.3. The lowest BCUT2D eigenvalue weighted by molar-refractivity contribution is 0.181. The van der Waals surface area contributed by atoms with Crippen LogP contribution in [0.5, 0.6) is 0 Å². The van der Waals surface area contributed by atoms with E-state index >= 15 is 0 Å². The molecule has 5 nitrogen and oxygen atoms in total. The van der Waals surface area contributed by atoms with Crippen LogP contribution in [-0.4, -0.2) is 54.1 Å². The van der Waals surface area contributed by atoms with Crippen molar-refractivity contribution in [2.24, 2.45) is 4.99 Å². The van der Waals surface area contributed by atoms with Gasteiger partial charge in [-0.2, -0.15) is 0 Å². The summed E-state index contributed by atoms with van der Waals surface area (Å²) in [5.41, 5.74) is 2.30. The average Bonchev–Trinajstić information content (AvgIpc) is 2.52. The lowest BCUT2D eigenvalue weighted by Gasteiger charge is -2.29. The fraction of sp³-hybridized carbons (Fsp3) is 0.684. The number of halogens is 1. The van der Waals surface area contributed by atoms with Crippen LogP contribution in [0.3, 0.4) is 0 Å². The third kappa shape index (κ3) is 9.99. The molecular weight excluding hydrogens is 425 g/mol. The third-order valence-corrected chi connectivity index (χ3v) is 3.98. The van der Waals surface area contributed by atoms with Crippen LogP contribution in [0.1, 0.15) is 45.9 Å². The smallest absolute Gasteiger partial charge is 0.191 e. The van der Waals surface area contributed by atoms with E-state index in [2.05, 4.69) is 67.3 Å². The molecule has 0 aliphatic rings. The summed E-state index contributed by atoms with van der Waals surface area (Å²) in [4.78, 5) is 11.5. The normalized spacial score (nSPS) is 11.8. The fourth-order valence-corrected chi connectivity index (χ4v) is 2.70. The van der Waals surface area contributed by atoms with Crippen molar-refractivity contribution < 1.29 is 0 Å². The number of nitrogens with one attached hydrogen (secondary N) is 2. The van der Waals surface area contributed by atoms with Gasteiger partial charge in [0.05, 0.1) is 6.54 Å². The summed E-state index contributed by atoms with van der Waals surface area (Å²) in [5.74, 6) is 0.894. The van der Waals surface area contributed by atoms with E-state index in [1.54, 1.807) is 0 Å². The van der Waals surface area contributed by atoms with Crippen molar-refractivity contribution in [1.82, 2.24) is 20.5 Å². The zero-order chi connectivity index (χ0) is 17.9. The highest BCUT2D eigenvalue weighted by molar-refractivity contribution is 14.0. The Morgan fingerprint density at radius 1 is 1.16 bits per heavy atom. The van der Waals surface area contributed by atoms with E-state index in [0.29, 0.717) is 12.1 Å². The molecule has 0 amide bonds. The van der Waals surface area contributed by atoms with Crippen molar-refractivity contribution in [3.8, 4) is 0 Å². The maximum absolute atomic E-state index is 4.70. The number of aromatic nitrogens is 1. The topological polar surface area (TPSA) is 52.6 Å². The van der Waals surface area contributed by atoms with Crippen molar-refractivity contribution in [2.45, 2.75) is 60.0 Å². The summed E-state index contributed by atoms with van der Waals surface area (Å²) < 4.78 is 0. The highest BCUT2D eigenvalue weighted by Gasteiger charge is 2.12. The SMILES string of the molecule is CCNC(=NCCN(C(C)C)C(C)C)NCCc1ccc(C)nc1.I. The zero-order valence-electron chi connectivity index (χ0n) is 16.7. The van der Waals surface area contributed by atoms with Crippen LogP contribution in [0.2, 0.25) is 0 Å². The van der Waals surface area contributed by atoms with Gasteiger partial charge in [0, 0.05) is 43.6 Å². The van der Waals surface area contributed by atoms with Gasteiger partial charge in [-0.3, -0.25) is 14.9 Å². The highest BCUT2D eigenvalue weighted by Crippen LogP contribution is 2.04. The summed E-state index contributed by atoms with van der Waals surface area (Å²) in [6.45, 7) is 16.6. The van der Waals surface area contributed by atoms with Gasteiger partial charge in [0.15, 0.2) is 5.96 Å². The Hall–Kier alpha value is -0.890. The van der Waals surface area contributed by atoms with Crippen LogP contribution in [-0.2, 0) is 6.42 Å². The van der Waals surface area contributed by atoms with Gasteiger partial charge in [0.2, 0.25) is 0 Å². The Bertz CT molecular complexity index is 477. The monoisotopic (exact) mass is 461 g/mol. The third-order valence-electron chi connectivity index (χ3n) is 3.98. The Morgan fingerprint density at radius 2 is 1.84 bits per heavy atom. The van der Waals surface area contributed by atoms with Crippen molar-refractivity contribution in [1.29, 1.82) is 0 Å². The predicted molar refractivity (Wildman–Crippen MR) is 119 cm³/mol. The quantitative estimate of drug-likeness (QED) is 0.337. The Balaban J connectivity index is 0.00000576. The molecule has 0 spiro atoms. The van der Waals surface area contributed by atoms with Gasteiger partial charge in [0.1, 0.15) is 0 Å². The Labute approximate surface area is 171 Å². The summed E-state index contributed by atoms with van der Waals surface area (Å²) in [7, 11) is 0. The fourth-order valence-electron chi connectivity index (χ4n) is 2.70. The van der Waals surface area contributed by atoms with Crippen LogP contribution in [0.25, 0.3) is 0 Å². The molecule has 0 saturated carbocycles. The second-order valence-electron chi connectivity index (χ2n) is 6.67. The maximum Gasteiger partial charge on any atom is 0.191 e. The lowest BCUT2D eigenvalue weighted by Crippen LogP contribution is -2.41. The molecule has 1 aromatic rings. The van der Waals surface area contributed by atoms with E-state index in [-0.39, 0.29) is 24.0 Å². The average molecular weight is 461 g/mol. The standard InChI is InChI=1S/C19H35N5.HI/c1-7-20-19(22-12-13-24(15(2)3)16(4)5)21-11-10-18-9-8-17(6)23-14-18;/h8-9,14-16H,7,10-13H2,1-6H3,(H2,20,21,22);1H. The summed E-state index contributed by atoms with van der Waals surface area (Å²) in [6.07, 6.45) is 2.89. The van der Waals surface area contributed by atoms with Gasteiger partial charge in [-0.15, -0.1) is 24.0 Å². The van der Waals surface area contributed by atoms with Crippen LogP contribution >= 0.6 is 24.0 Å². The van der Waals surface area contributed by atoms with E-state index in [1.165, 1.54) is 5.56 Å². The minimum Gasteiger partial charge on any atom is -0.357 e. The van der Waals surface area contributed by atoms with Crippen LogP contribution in [0.15, 0.2) is 23.3 Å². The first kappa shape index (κ1) is 24.1. The second-order valence-corrected chi connectivity index (χ2v) is 6.67. The van der Waals surface area contributed by atoms with Crippen LogP contribution in [0.4, 0.5) is 0 Å². The number of guanidine groups is 1. The molecule has 0 saturated heterocycles. The van der Waals surface area contributed by atoms with Gasteiger partial charge >= 0.3 is 0 Å². The minimum atomic E-state index is 0. The summed E-state index contributed by atoms with van der Waals surface area (Å²) in [5, 5.41) is 6.72. The molecule has 1 aromatic heterocycles. The number of rotatable bonds is 9. The molecule has 0 atom stereocenters. The van der Waals surface area contributed by atoms with E-state index in [4.69, 9.17) is 4.99 Å². The molecule has 0 aliphatic carbocycles. The van der Waals surface area contributed by atoms with E-state index in [0.717, 1.165) is 44.3 Å². The van der Waals surface area contributed by atoms with Gasteiger partial charge in [-0.05, 0) is 59.6 Å². The first-order valence-electron chi connectivity index (χ1n) is 9.13. The molecule has 144 valence electrons. The molecule has 1 rings (SSSR count). The largest absolute Gasteiger partial charge is 0.357 e. The molecule has 0 aromatic carbocycles. The number of aryl methyl sites for hydroxylation is 1. The number of hydrogen-bond donors (Lipinski definition) is 2. The molecular formula is C19H36IN5. The van der Waals surface area contributed by atoms with Crippen molar-refractivity contribution in [2.75, 3.05) is 26.2 Å². The molecule has 2 N–H and O–H groups in total. The molecule has 1 heterocycles. The molecule has 0 aliphatic heterocycles. The van der Waals surface area contributed by atoms with E-state index in [9.17, 15) is 0 Å². The number of hydrogen-bond acceptors (Lipinski definition) is 3. The Kier molecular flexibility index (Phi) is 12.9. The van der Waals surface area contributed by atoms with Gasteiger partial charge < -0.3 is 10.6 Å². The lowest BCUT2D eigenvalue weighted by atomic mass is 10.2. The summed E-state index contributed by atoms with van der Waals surface area (Å²) >= 11 is 0. The van der Waals surface area contributed by atoms with Crippen LogP contribution in [0, 0.1) is 6.92 Å².